The fraction of sp³-hybridized carbons (Fsp3) is 0.889. The van der Waals surface area contributed by atoms with Gasteiger partial charge in [0.15, 0.2) is 5.85 Å². The molecule has 0 aromatic carbocycles. The molecule has 0 rings (SSSR count). The summed E-state index contributed by atoms with van der Waals surface area (Å²) >= 11 is 0. The van der Waals surface area contributed by atoms with E-state index < -0.39 is 19.5 Å². The highest BCUT2D eigenvalue weighted by molar-refractivity contribution is 7.54. The molecule has 17 heavy (non-hydrogen) atoms. The third-order valence-electron chi connectivity index (χ3n) is 1.69. The van der Waals surface area contributed by atoms with Crippen molar-refractivity contribution in [1.82, 2.24) is 5.32 Å². The zero-order chi connectivity index (χ0) is 13.3. The van der Waals surface area contributed by atoms with Crippen molar-refractivity contribution in [3.05, 3.63) is 0 Å². The van der Waals surface area contributed by atoms with E-state index in [4.69, 9.17) is 9.05 Å². The molecule has 8 heteroatoms. The second kappa shape index (κ2) is 8.47. The molecule has 0 saturated carbocycles. The maximum absolute atomic E-state index is 12.0. The van der Waals surface area contributed by atoms with Crippen LogP contribution in [0.2, 0.25) is 0 Å². The molecule has 7 nitrogen and oxygen atoms in total. The van der Waals surface area contributed by atoms with Gasteiger partial charge in [0.2, 0.25) is 0 Å². The molecule has 0 aromatic heterocycles. The van der Waals surface area contributed by atoms with Gasteiger partial charge >= 0.3 is 13.7 Å². The number of hydrogen-bond acceptors (Lipinski definition) is 6. The summed E-state index contributed by atoms with van der Waals surface area (Å²) in [7, 11) is -3.60. The summed E-state index contributed by atoms with van der Waals surface area (Å²) in [5.41, 5.74) is 0. The first-order valence-electron chi connectivity index (χ1n) is 5.47. The molecule has 0 aliphatic heterocycles. The smallest absolute Gasteiger partial charge is 0.407 e. The van der Waals surface area contributed by atoms with Crippen LogP contribution in [0.1, 0.15) is 20.8 Å². The van der Waals surface area contributed by atoms with Gasteiger partial charge in [-0.2, -0.15) is 0 Å². The topological polar surface area (TPSA) is 94.1 Å². The van der Waals surface area contributed by atoms with E-state index in [-0.39, 0.29) is 26.4 Å². The molecular formula is C9H20NO6P. The summed E-state index contributed by atoms with van der Waals surface area (Å²) in [6.07, 6.45) is -0.689. The third-order valence-corrected chi connectivity index (χ3v) is 3.84. The zero-order valence-electron chi connectivity index (χ0n) is 10.3. The Morgan fingerprint density at radius 1 is 1.24 bits per heavy atom. The van der Waals surface area contributed by atoms with Crippen molar-refractivity contribution < 1.29 is 28.3 Å². The quantitative estimate of drug-likeness (QED) is 0.645. The van der Waals surface area contributed by atoms with Crippen molar-refractivity contribution in [2.75, 3.05) is 26.4 Å². The van der Waals surface area contributed by atoms with E-state index in [2.05, 4.69) is 10.1 Å². The van der Waals surface area contributed by atoms with Crippen molar-refractivity contribution in [3.63, 3.8) is 0 Å². The molecular weight excluding hydrogens is 249 g/mol. The Morgan fingerprint density at radius 3 is 2.18 bits per heavy atom. The largest absolute Gasteiger partial charge is 0.450 e. The number of amides is 1. The number of carbonyl (C=O) groups excluding carboxylic acids is 1. The first kappa shape index (κ1) is 16.4. The van der Waals surface area contributed by atoms with Gasteiger partial charge in [0.1, 0.15) is 0 Å². The molecule has 0 radical (unpaired) electrons. The molecule has 0 aromatic rings. The number of aliphatic hydroxyl groups excluding tert-OH is 1. The average Bonchev–Trinajstić information content (AvgIpc) is 2.27. The predicted molar refractivity (Wildman–Crippen MR) is 61.9 cm³/mol. The minimum Gasteiger partial charge on any atom is -0.450 e. The number of carbonyl (C=O) groups is 1. The SMILES string of the molecule is CCOC(=O)NCC(O)P(=O)(OCC)OCC. The first-order chi connectivity index (χ1) is 8.00. The van der Waals surface area contributed by atoms with Gasteiger partial charge in [-0.05, 0) is 20.8 Å². The Hall–Kier alpha value is -0.620. The fourth-order valence-corrected chi connectivity index (χ4v) is 2.49. The molecule has 0 heterocycles. The molecule has 1 unspecified atom stereocenters. The van der Waals surface area contributed by atoms with Crippen molar-refractivity contribution >= 4 is 13.7 Å². The van der Waals surface area contributed by atoms with E-state index in [1.807, 2.05) is 0 Å². The van der Waals surface area contributed by atoms with Crippen molar-refractivity contribution in [1.29, 1.82) is 0 Å². The number of hydrogen-bond donors (Lipinski definition) is 2. The highest BCUT2D eigenvalue weighted by Crippen LogP contribution is 2.51. The van der Waals surface area contributed by atoms with Gasteiger partial charge in [-0.3, -0.25) is 4.57 Å². The number of rotatable bonds is 8. The van der Waals surface area contributed by atoms with Crippen LogP contribution >= 0.6 is 7.60 Å². The van der Waals surface area contributed by atoms with Gasteiger partial charge in [-0.15, -0.1) is 0 Å². The lowest BCUT2D eigenvalue weighted by molar-refractivity contribution is 0.132. The second-order valence-electron chi connectivity index (χ2n) is 2.96. The van der Waals surface area contributed by atoms with Crippen LogP contribution in [0.25, 0.3) is 0 Å². The predicted octanol–water partition coefficient (Wildman–Crippen LogP) is 1.32. The molecule has 0 spiro atoms. The lowest BCUT2D eigenvalue weighted by Gasteiger charge is -2.22. The summed E-state index contributed by atoms with van der Waals surface area (Å²) in [5.74, 6) is -1.41. The van der Waals surface area contributed by atoms with Gasteiger partial charge in [0.25, 0.3) is 0 Å². The summed E-state index contributed by atoms with van der Waals surface area (Å²) in [6, 6.07) is 0. The van der Waals surface area contributed by atoms with E-state index in [1.165, 1.54) is 0 Å². The lowest BCUT2D eigenvalue weighted by Crippen LogP contribution is -2.33. The van der Waals surface area contributed by atoms with Gasteiger partial charge in [-0.1, -0.05) is 0 Å². The number of alkyl carbamates (subject to hydrolysis) is 1. The summed E-state index contributed by atoms with van der Waals surface area (Å²) in [5, 5.41) is 11.9. The normalized spacial score (nSPS) is 13.2. The molecule has 2 N–H and O–H groups in total. The molecule has 0 bridgehead atoms. The van der Waals surface area contributed by atoms with Gasteiger partial charge in [-0.25, -0.2) is 4.79 Å². The summed E-state index contributed by atoms with van der Waals surface area (Å²) < 4.78 is 26.4. The molecule has 1 amide bonds. The standard InChI is InChI=1S/C9H20NO6P/c1-4-14-9(12)10-7-8(11)17(13,15-5-2)16-6-3/h8,11H,4-7H2,1-3H3,(H,10,12). The van der Waals surface area contributed by atoms with E-state index in [9.17, 15) is 14.5 Å². The average molecular weight is 269 g/mol. The number of ether oxygens (including phenoxy) is 1. The second-order valence-corrected chi connectivity index (χ2v) is 5.15. The minimum atomic E-state index is -3.60. The highest BCUT2D eigenvalue weighted by atomic mass is 31.2. The Bertz CT molecular complexity index is 262. The minimum absolute atomic E-state index is 0.147. The lowest BCUT2D eigenvalue weighted by atomic mass is 10.7. The molecule has 0 aliphatic carbocycles. The summed E-state index contributed by atoms with van der Waals surface area (Å²) in [4.78, 5) is 11.0. The van der Waals surface area contributed by atoms with Gasteiger partial charge in [0.05, 0.1) is 26.4 Å². The Balaban J connectivity index is 4.28. The van der Waals surface area contributed by atoms with E-state index in [0.29, 0.717) is 0 Å². The van der Waals surface area contributed by atoms with Crippen LogP contribution in [-0.4, -0.2) is 43.4 Å². The number of aliphatic hydroxyl groups is 1. The summed E-state index contributed by atoms with van der Waals surface area (Å²) in [6.45, 7) is 5.18. The van der Waals surface area contributed by atoms with Crippen LogP contribution in [0.5, 0.6) is 0 Å². The maximum atomic E-state index is 12.0. The maximum Gasteiger partial charge on any atom is 0.407 e. The molecule has 0 fully saturated rings. The van der Waals surface area contributed by atoms with Crippen molar-refractivity contribution in [2.45, 2.75) is 26.6 Å². The van der Waals surface area contributed by atoms with Crippen LogP contribution in [0.3, 0.4) is 0 Å². The van der Waals surface area contributed by atoms with Gasteiger partial charge < -0.3 is 24.2 Å². The van der Waals surface area contributed by atoms with Crippen molar-refractivity contribution in [2.24, 2.45) is 0 Å². The highest BCUT2D eigenvalue weighted by Gasteiger charge is 2.34. The van der Waals surface area contributed by atoms with E-state index in [0.717, 1.165) is 0 Å². The number of nitrogens with one attached hydrogen (secondary N) is 1. The van der Waals surface area contributed by atoms with Crippen LogP contribution in [0, 0.1) is 0 Å². The molecule has 1 atom stereocenters. The third kappa shape index (κ3) is 6.02. The first-order valence-corrected chi connectivity index (χ1v) is 7.08. The van der Waals surface area contributed by atoms with E-state index >= 15 is 0 Å². The molecule has 0 aliphatic rings. The van der Waals surface area contributed by atoms with Gasteiger partial charge in [0, 0.05) is 0 Å². The monoisotopic (exact) mass is 269 g/mol. The van der Waals surface area contributed by atoms with Crippen LogP contribution in [-0.2, 0) is 18.3 Å². The Kier molecular flexibility index (Phi) is 8.16. The Morgan fingerprint density at radius 2 is 1.76 bits per heavy atom. The molecule has 102 valence electrons. The van der Waals surface area contributed by atoms with Crippen LogP contribution < -0.4 is 5.32 Å². The van der Waals surface area contributed by atoms with Crippen molar-refractivity contribution in [3.8, 4) is 0 Å². The zero-order valence-corrected chi connectivity index (χ0v) is 11.2. The fourth-order valence-electron chi connectivity index (χ4n) is 1.04. The molecule has 0 saturated heterocycles. The Labute approximate surface area is 101 Å². The van der Waals surface area contributed by atoms with E-state index in [1.54, 1.807) is 20.8 Å². The van der Waals surface area contributed by atoms with Crippen LogP contribution in [0.15, 0.2) is 0 Å². The van der Waals surface area contributed by atoms with Crippen LogP contribution in [0.4, 0.5) is 4.79 Å².